The van der Waals surface area contributed by atoms with Gasteiger partial charge >= 0.3 is 0 Å². The molecule has 0 amide bonds. The molecule has 0 unspecified atom stereocenters. The molecule has 0 bridgehead atoms. The molecule has 3 nitrogen and oxygen atoms in total. The zero-order valence-corrected chi connectivity index (χ0v) is 11.8. The van der Waals surface area contributed by atoms with E-state index in [-0.39, 0.29) is 5.78 Å². The molecule has 3 N–H and O–H groups in total. The number of hydrogen-bond acceptors (Lipinski definition) is 4. The van der Waals surface area contributed by atoms with Gasteiger partial charge in [-0.25, -0.2) is 0 Å². The zero-order chi connectivity index (χ0) is 13.2. The van der Waals surface area contributed by atoms with Crippen LogP contribution in [0, 0.1) is 0 Å². The van der Waals surface area contributed by atoms with Crippen LogP contribution in [0.5, 0.6) is 0 Å². The highest BCUT2D eigenvalue weighted by atomic mass is 32.2. The van der Waals surface area contributed by atoms with Gasteiger partial charge in [-0.2, -0.15) is 0 Å². The molecule has 0 spiro atoms. The number of hydrogen-bond donors (Lipinski definition) is 2. The van der Waals surface area contributed by atoms with Gasteiger partial charge in [0.15, 0.2) is 5.78 Å². The zero-order valence-electron chi connectivity index (χ0n) is 10.9. The average molecular weight is 266 g/mol. The maximum absolute atomic E-state index is 11.5. The number of Topliss-reactive ketones (excluding diaryl/α,β-unsaturated/α-hetero) is 1. The van der Waals surface area contributed by atoms with Crippen LogP contribution in [0.4, 0.5) is 0 Å². The number of carbonyl (C=O) groups is 1. The van der Waals surface area contributed by atoms with Gasteiger partial charge in [0.25, 0.3) is 0 Å². The minimum absolute atomic E-state index is 0.196. The fraction of sp³-hybridized carbons (Fsp3) is 0.500. The number of benzene rings is 1. The van der Waals surface area contributed by atoms with Crippen LogP contribution in [0.3, 0.4) is 0 Å². The lowest BCUT2D eigenvalue weighted by Crippen LogP contribution is -2.06. The molecule has 1 aromatic carbocycles. The van der Waals surface area contributed by atoms with E-state index in [0.29, 0.717) is 6.42 Å². The van der Waals surface area contributed by atoms with E-state index in [1.165, 1.54) is 6.42 Å². The first-order chi connectivity index (χ1) is 8.77. The second kappa shape index (κ2) is 9.14. The summed E-state index contributed by atoms with van der Waals surface area (Å²) in [4.78, 5) is 12.6. The Hall–Kier alpha value is -0.840. The summed E-state index contributed by atoms with van der Waals surface area (Å²) in [6, 6.07) is 7.76. The van der Waals surface area contributed by atoms with E-state index in [4.69, 9.17) is 5.73 Å². The highest BCUT2D eigenvalue weighted by Crippen LogP contribution is 2.16. The third-order valence-corrected chi connectivity index (χ3v) is 3.53. The molecule has 0 atom stereocenters. The Balaban J connectivity index is 2.25. The molecule has 0 aliphatic heterocycles. The largest absolute Gasteiger partial charge is 0.330 e. The van der Waals surface area contributed by atoms with Crippen LogP contribution in [-0.4, -0.2) is 18.9 Å². The molecular weight excluding hydrogens is 244 g/mol. The first kappa shape index (κ1) is 15.2. The van der Waals surface area contributed by atoms with Crippen molar-refractivity contribution in [2.24, 2.45) is 5.73 Å². The fourth-order valence-electron chi connectivity index (χ4n) is 1.57. The molecule has 1 rings (SSSR count). The fourth-order valence-corrected chi connectivity index (χ4v) is 2.25. The second-order valence-electron chi connectivity index (χ2n) is 4.15. The van der Waals surface area contributed by atoms with Gasteiger partial charge < -0.3 is 5.73 Å². The summed E-state index contributed by atoms with van der Waals surface area (Å²) >= 11 is 1.61. The summed E-state index contributed by atoms with van der Waals surface area (Å²) in [7, 11) is 0. The maximum Gasteiger partial charge on any atom is 0.162 e. The normalized spacial score (nSPS) is 10.6. The molecule has 0 aromatic heterocycles. The van der Waals surface area contributed by atoms with Crippen LogP contribution in [0.1, 0.15) is 43.0 Å². The number of nitrogens with two attached hydrogens (primary N) is 1. The van der Waals surface area contributed by atoms with Crippen molar-refractivity contribution < 1.29 is 4.79 Å². The van der Waals surface area contributed by atoms with Gasteiger partial charge in [-0.05, 0) is 43.5 Å². The van der Waals surface area contributed by atoms with Gasteiger partial charge in [-0.1, -0.05) is 25.5 Å². The van der Waals surface area contributed by atoms with Crippen LogP contribution < -0.4 is 10.5 Å². The number of ketones is 1. The van der Waals surface area contributed by atoms with E-state index in [2.05, 4.69) is 4.72 Å². The smallest absolute Gasteiger partial charge is 0.162 e. The molecule has 1 aromatic rings. The Bertz CT molecular complexity index is 351. The Morgan fingerprint density at radius 2 is 1.94 bits per heavy atom. The van der Waals surface area contributed by atoms with E-state index in [1.807, 2.05) is 31.2 Å². The van der Waals surface area contributed by atoms with Crippen molar-refractivity contribution in [3.05, 3.63) is 29.8 Å². The molecule has 0 fully saturated rings. The second-order valence-corrected chi connectivity index (χ2v) is 5.11. The van der Waals surface area contributed by atoms with Crippen LogP contribution in [0.2, 0.25) is 0 Å². The van der Waals surface area contributed by atoms with E-state index in [0.717, 1.165) is 36.4 Å². The van der Waals surface area contributed by atoms with Gasteiger partial charge in [0.2, 0.25) is 0 Å². The summed E-state index contributed by atoms with van der Waals surface area (Å²) in [6.07, 6.45) is 3.98. The Labute approximate surface area is 114 Å². The molecule has 100 valence electrons. The van der Waals surface area contributed by atoms with Crippen molar-refractivity contribution in [3.63, 3.8) is 0 Å². The van der Waals surface area contributed by atoms with Crippen molar-refractivity contribution >= 4 is 17.7 Å². The van der Waals surface area contributed by atoms with Gasteiger partial charge in [0.1, 0.15) is 0 Å². The SMILES string of the molecule is CCC(=O)c1ccc(SNCCCCCN)cc1. The molecule has 0 aliphatic carbocycles. The molecule has 0 heterocycles. The molecule has 0 saturated heterocycles. The van der Waals surface area contributed by atoms with Crippen molar-refractivity contribution in [2.45, 2.75) is 37.5 Å². The predicted molar refractivity (Wildman–Crippen MR) is 77.8 cm³/mol. The highest BCUT2D eigenvalue weighted by molar-refractivity contribution is 7.97. The van der Waals surface area contributed by atoms with Gasteiger partial charge in [0.05, 0.1) is 0 Å². The summed E-state index contributed by atoms with van der Waals surface area (Å²) < 4.78 is 3.31. The van der Waals surface area contributed by atoms with E-state index in [1.54, 1.807) is 11.9 Å². The monoisotopic (exact) mass is 266 g/mol. The van der Waals surface area contributed by atoms with Crippen molar-refractivity contribution in [1.82, 2.24) is 4.72 Å². The van der Waals surface area contributed by atoms with Crippen molar-refractivity contribution in [2.75, 3.05) is 13.1 Å². The number of rotatable bonds is 9. The van der Waals surface area contributed by atoms with E-state index < -0.39 is 0 Å². The lowest BCUT2D eigenvalue weighted by atomic mass is 10.1. The van der Waals surface area contributed by atoms with Gasteiger partial charge in [0, 0.05) is 23.4 Å². The number of unbranched alkanes of at least 4 members (excludes halogenated alkanes) is 2. The lowest BCUT2D eigenvalue weighted by molar-refractivity contribution is 0.0988. The molecule has 18 heavy (non-hydrogen) atoms. The minimum atomic E-state index is 0.196. The van der Waals surface area contributed by atoms with Crippen LogP contribution in [-0.2, 0) is 0 Å². The first-order valence-corrected chi connectivity index (χ1v) is 7.32. The van der Waals surface area contributed by atoms with Crippen molar-refractivity contribution in [3.8, 4) is 0 Å². The first-order valence-electron chi connectivity index (χ1n) is 6.51. The number of nitrogens with one attached hydrogen (secondary N) is 1. The van der Waals surface area contributed by atoms with Gasteiger partial charge in [-0.15, -0.1) is 0 Å². The third-order valence-electron chi connectivity index (χ3n) is 2.67. The lowest BCUT2D eigenvalue weighted by Gasteiger charge is -2.04. The molecular formula is C14H22N2OS. The highest BCUT2D eigenvalue weighted by Gasteiger charge is 2.02. The minimum Gasteiger partial charge on any atom is -0.330 e. The molecule has 0 saturated carbocycles. The van der Waals surface area contributed by atoms with E-state index >= 15 is 0 Å². The average Bonchev–Trinajstić information content (AvgIpc) is 2.42. The summed E-state index contributed by atoms with van der Waals surface area (Å²) in [6.45, 7) is 3.65. The standard InChI is InChI=1S/C14H22N2OS/c1-2-14(17)12-6-8-13(9-7-12)18-16-11-5-3-4-10-15/h6-9,16H,2-5,10-11,15H2,1H3. The Morgan fingerprint density at radius 1 is 1.22 bits per heavy atom. The predicted octanol–water partition coefficient (Wildman–Crippen LogP) is 3.01. The van der Waals surface area contributed by atoms with E-state index in [9.17, 15) is 4.79 Å². The van der Waals surface area contributed by atoms with Crippen LogP contribution in [0.15, 0.2) is 29.2 Å². The molecule has 0 aliphatic rings. The van der Waals surface area contributed by atoms with Crippen molar-refractivity contribution in [1.29, 1.82) is 0 Å². The Kier molecular flexibility index (Phi) is 7.73. The summed E-state index contributed by atoms with van der Waals surface area (Å²) in [5.74, 6) is 0.196. The van der Waals surface area contributed by atoms with Crippen LogP contribution in [0.25, 0.3) is 0 Å². The molecule has 4 heteroatoms. The number of carbonyl (C=O) groups excluding carboxylic acids is 1. The quantitative estimate of drug-likeness (QED) is 0.410. The van der Waals surface area contributed by atoms with Crippen LogP contribution >= 0.6 is 11.9 Å². The van der Waals surface area contributed by atoms with Gasteiger partial charge in [-0.3, -0.25) is 9.52 Å². The Morgan fingerprint density at radius 3 is 2.56 bits per heavy atom. The summed E-state index contributed by atoms with van der Waals surface area (Å²) in [5, 5.41) is 0. The molecule has 0 radical (unpaired) electrons. The third kappa shape index (κ3) is 5.67. The summed E-state index contributed by atoms with van der Waals surface area (Å²) in [5.41, 5.74) is 6.23. The topological polar surface area (TPSA) is 55.1 Å². The maximum atomic E-state index is 11.5.